The molecule has 0 fully saturated rings. The van der Waals surface area contributed by atoms with E-state index in [1.807, 2.05) is 49.4 Å². The quantitative estimate of drug-likeness (QED) is 0.372. The third kappa shape index (κ3) is 5.16. The summed E-state index contributed by atoms with van der Waals surface area (Å²) in [5, 5.41) is 6.71. The number of ether oxygens (including phenoxy) is 3. The predicted octanol–water partition coefficient (Wildman–Crippen LogP) is 3.59. The maximum atomic E-state index is 13.0. The van der Waals surface area contributed by atoms with Crippen molar-refractivity contribution in [3.8, 4) is 23.8 Å². The third-order valence-corrected chi connectivity index (χ3v) is 4.76. The number of carbonyl (C=O) groups is 1. The molecule has 2 N–H and O–H groups in total. The third-order valence-electron chi connectivity index (χ3n) is 4.54. The molecule has 0 spiro atoms. The Morgan fingerprint density at radius 2 is 1.87 bits per heavy atom. The number of thiocarbonyl (C=S) groups is 1. The summed E-state index contributed by atoms with van der Waals surface area (Å²) in [5.74, 6) is 3.08. The highest BCUT2D eigenvalue weighted by Crippen LogP contribution is 2.36. The molecule has 0 unspecified atom stereocenters. The molecule has 0 amide bonds. The second-order valence-electron chi connectivity index (χ2n) is 6.54. The molecule has 0 aromatic heterocycles. The standard InChI is InChI=1S/C24H24N2O4S/c1-4-14-30-18-13-12-17(15-19(18)28-5-2)22-20(23(27)29-6-3)21(25-24(31)26-22)16-10-8-7-9-11-16/h1,7-13,15,22H,5-6,14H2,2-3H3,(H2,25,26,31)/t22-/m0/s1. The molecule has 0 aliphatic carbocycles. The van der Waals surface area contributed by atoms with E-state index in [2.05, 4.69) is 16.6 Å². The summed E-state index contributed by atoms with van der Waals surface area (Å²) in [7, 11) is 0. The van der Waals surface area contributed by atoms with Gasteiger partial charge in [0.2, 0.25) is 0 Å². The highest BCUT2D eigenvalue weighted by Gasteiger charge is 2.33. The van der Waals surface area contributed by atoms with Crippen LogP contribution >= 0.6 is 12.2 Å². The molecular weight excluding hydrogens is 412 g/mol. The first-order chi connectivity index (χ1) is 15.1. The fraction of sp³-hybridized carbons (Fsp3) is 0.250. The number of carbonyl (C=O) groups excluding carboxylic acids is 1. The normalized spacial score (nSPS) is 15.4. The second-order valence-corrected chi connectivity index (χ2v) is 6.95. The van der Waals surface area contributed by atoms with E-state index in [0.29, 0.717) is 34.5 Å². The number of rotatable bonds is 8. The Hall–Kier alpha value is -3.50. The van der Waals surface area contributed by atoms with Gasteiger partial charge >= 0.3 is 5.97 Å². The molecule has 2 aromatic carbocycles. The van der Waals surface area contributed by atoms with E-state index in [9.17, 15) is 4.79 Å². The zero-order valence-electron chi connectivity index (χ0n) is 17.4. The van der Waals surface area contributed by atoms with Crippen LogP contribution in [0.3, 0.4) is 0 Å². The highest BCUT2D eigenvalue weighted by molar-refractivity contribution is 7.80. The topological polar surface area (TPSA) is 68.8 Å². The van der Waals surface area contributed by atoms with Crippen molar-refractivity contribution in [1.82, 2.24) is 10.6 Å². The molecule has 6 nitrogen and oxygen atoms in total. The molecule has 1 atom stereocenters. The monoisotopic (exact) mass is 436 g/mol. The summed E-state index contributed by atoms with van der Waals surface area (Å²) in [6.45, 7) is 4.48. The lowest BCUT2D eigenvalue weighted by Gasteiger charge is -2.31. The minimum atomic E-state index is -0.538. The van der Waals surface area contributed by atoms with Crippen molar-refractivity contribution in [2.24, 2.45) is 0 Å². The Kier molecular flexibility index (Phi) is 7.52. The van der Waals surface area contributed by atoms with Crippen molar-refractivity contribution in [2.75, 3.05) is 19.8 Å². The van der Waals surface area contributed by atoms with Crippen molar-refractivity contribution in [3.05, 3.63) is 65.2 Å². The van der Waals surface area contributed by atoms with Crippen LogP contribution in [0, 0.1) is 12.3 Å². The van der Waals surface area contributed by atoms with Gasteiger partial charge in [-0.2, -0.15) is 0 Å². The number of hydrogen-bond donors (Lipinski definition) is 2. The number of benzene rings is 2. The second kappa shape index (κ2) is 10.5. The molecule has 1 heterocycles. The highest BCUT2D eigenvalue weighted by atomic mass is 32.1. The summed E-state index contributed by atoms with van der Waals surface area (Å²) < 4.78 is 16.7. The first-order valence-corrected chi connectivity index (χ1v) is 10.4. The Morgan fingerprint density at radius 1 is 1.10 bits per heavy atom. The fourth-order valence-electron chi connectivity index (χ4n) is 3.29. The van der Waals surface area contributed by atoms with Gasteiger partial charge < -0.3 is 24.8 Å². The molecule has 7 heteroatoms. The molecule has 2 aromatic rings. The first kappa shape index (κ1) is 22.2. The van der Waals surface area contributed by atoms with E-state index in [-0.39, 0.29) is 13.2 Å². The van der Waals surface area contributed by atoms with Crippen LogP contribution in [0.1, 0.15) is 31.0 Å². The smallest absolute Gasteiger partial charge is 0.338 e. The van der Waals surface area contributed by atoms with Gasteiger partial charge in [-0.1, -0.05) is 42.3 Å². The van der Waals surface area contributed by atoms with Crippen LogP contribution < -0.4 is 20.1 Å². The Morgan fingerprint density at radius 3 is 2.55 bits per heavy atom. The predicted molar refractivity (Wildman–Crippen MR) is 124 cm³/mol. The van der Waals surface area contributed by atoms with Gasteiger partial charge in [-0.05, 0) is 49.3 Å². The van der Waals surface area contributed by atoms with E-state index >= 15 is 0 Å². The lowest BCUT2D eigenvalue weighted by atomic mass is 9.92. The zero-order valence-corrected chi connectivity index (χ0v) is 18.3. The molecule has 0 saturated heterocycles. The summed E-state index contributed by atoms with van der Waals surface area (Å²) in [6.07, 6.45) is 5.31. The van der Waals surface area contributed by atoms with E-state index in [1.165, 1.54) is 0 Å². The first-order valence-electron chi connectivity index (χ1n) is 9.96. The van der Waals surface area contributed by atoms with Crippen molar-refractivity contribution < 1.29 is 19.0 Å². The van der Waals surface area contributed by atoms with E-state index in [0.717, 1.165) is 11.1 Å². The van der Waals surface area contributed by atoms with Gasteiger partial charge in [-0.3, -0.25) is 0 Å². The van der Waals surface area contributed by atoms with Crippen LogP contribution in [0.4, 0.5) is 0 Å². The van der Waals surface area contributed by atoms with Crippen LogP contribution in [0.2, 0.25) is 0 Å². The summed E-state index contributed by atoms with van der Waals surface area (Å²) >= 11 is 5.44. The molecule has 0 radical (unpaired) electrons. The van der Waals surface area contributed by atoms with E-state index < -0.39 is 12.0 Å². The van der Waals surface area contributed by atoms with Crippen LogP contribution in [-0.2, 0) is 9.53 Å². The number of nitrogens with one attached hydrogen (secondary N) is 2. The zero-order chi connectivity index (χ0) is 22.2. The van der Waals surface area contributed by atoms with Gasteiger partial charge in [-0.15, -0.1) is 6.42 Å². The van der Waals surface area contributed by atoms with Crippen LogP contribution in [0.5, 0.6) is 11.5 Å². The molecule has 31 heavy (non-hydrogen) atoms. The van der Waals surface area contributed by atoms with Crippen molar-refractivity contribution in [3.63, 3.8) is 0 Å². The minimum Gasteiger partial charge on any atom is -0.490 e. The number of hydrogen-bond acceptors (Lipinski definition) is 5. The van der Waals surface area contributed by atoms with Crippen LogP contribution in [0.25, 0.3) is 5.70 Å². The van der Waals surface area contributed by atoms with Gasteiger partial charge in [0.15, 0.2) is 16.6 Å². The van der Waals surface area contributed by atoms with E-state index in [4.69, 9.17) is 32.9 Å². The molecular formula is C24H24N2O4S. The van der Waals surface area contributed by atoms with Gasteiger partial charge in [0, 0.05) is 0 Å². The molecule has 3 rings (SSSR count). The van der Waals surface area contributed by atoms with Crippen molar-refractivity contribution in [2.45, 2.75) is 19.9 Å². The Bertz CT molecular complexity index is 1030. The fourth-order valence-corrected chi connectivity index (χ4v) is 3.51. The lowest BCUT2D eigenvalue weighted by molar-refractivity contribution is -0.138. The van der Waals surface area contributed by atoms with Crippen LogP contribution in [-0.4, -0.2) is 30.9 Å². The summed E-state index contributed by atoms with van der Waals surface area (Å²) in [5.41, 5.74) is 2.65. The minimum absolute atomic E-state index is 0.126. The average Bonchev–Trinajstić information content (AvgIpc) is 2.78. The number of esters is 1. The van der Waals surface area contributed by atoms with Gasteiger partial charge in [0.05, 0.1) is 30.5 Å². The van der Waals surface area contributed by atoms with Crippen molar-refractivity contribution >= 4 is 29.0 Å². The molecule has 1 aliphatic rings. The molecule has 0 bridgehead atoms. The SMILES string of the molecule is C#CCOc1ccc([C@@H]2NC(=S)NC(c3ccccc3)=C2C(=O)OCC)cc1OCC. The van der Waals surface area contributed by atoms with Gasteiger partial charge in [-0.25, -0.2) is 4.79 Å². The maximum Gasteiger partial charge on any atom is 0.338 e. The van der Waals surface area contributed by atoms with Gasteiger partial charge in [0.25, 0.3) is 0 Å². The lowest BCUT2D eigenvalue weighted by Crippen LogP contribution is -2.45. The number of terminal acetylenes is 1. The van der Waals surface area contributed by atoms with Crippen molar-refractivity contribution in [1.29, 1.82) is 0 Å². The van der Waals surface area contributed by atoms with E-state index in [1.54, 1.807) is 13.0 Å². The Labute approximate surface area is 187 Å². The largest absolute Gasteiger partial charge is 0.490 e. The molecule has 1 aliphatic heterocycles. The maximum absolute atomic E-state index is 13.0. The average molecular weight is 437 g/mol. The summed E-state index contributed by atoms with van der Waals surface area (Å²) in [6, 6.07) is 14.4. The van der Waals surface area contributed by atoms with Crippen LogP contribution in [0.15, 0.2) is 54.1 Å². The molecule has 0 saturated carbocycles. The molecule has 160 valence electrons. The Balaban J connectivity index is 2.13. The summed E-state index contributed by atoms with van der Waals surface area (Å²) in [4.78, 5) is 13.0. The van der Waals surface area contributed by atoms with Gasteiger partial charge in [0.1, 0.15) is 6.61 Å².